The van der Waals surface area contributed by atoms with Crippen molar-refractivity contribution >= 4 is 34.1 Å². The van der Waals surface area contributed by atoms with E-state index in [0.29, 0.717) is 19.4 Å². The van der Waals surface area contributed by atoms with Crippen molar-refractivity contribution in [1.29, 1.82) is 0 Å². The van der Waals surface area contributed by atoms with Crippen molar-refractivity contribution < 1.29 is 9.59 Å². The molecular formula is C35H39N3O2. The van der Waals surface area contributed by atoms with E-state index in [1.807, 2.05) is 34.1 Å². The quantitative estimate of drug-likeness (QED) is 0.273. The molecule has 1 fully saturated rings. The first-order valence-electron chi connectivity index (χ1n) is 14.4. The molecule has 0 saturated carbocycles. The third kappa shape index (κ3) is 4.06. The van der Waals surface area contributed by atoms with Crippen molar-refractivity contribution in [3.8, 4) is 11.1 Å². The molecule has 0 aliphatic carbocycles. The number of aromatic nitrogens is 1. The van der Waals surface area contributed by atoms with Gasteiger partial charge in [0.15, 0.2) is 0 Å². The first kappa shape index (κ1) is 26.4. The molecule has 0 radical (unpaired) electrons. The predicted molar refractivity (Wildman–Crippen MR) is 163 cm³/mol. The van der Waals surface area contributed by atoms with Crippen LogP contribution in [0, 0.1) is 11.3 Å². The first-order chi connectivity index (χ1) is 19.0. The summed E-state index contributed by atoms with van der Waals surface area (Å²) < 4.78 is 2.13. The number of hydrogen-bond donors (Lipinski definition) is 0. The molecule has 0 N–H and O–H groups in total. The Bertz CT molecular complexity index is 1630. The number of aryl methyl sites for hydroxylation is 1. The number of carbonyl (C=O) groups excluding carboxylic acids is 2. The molecule has 5 nitrogen and oxygen atoms in total. The minimum Gasteiger partial charge on any atom is -0.351 e. The summed E-state index contributed by atoms with van der Waals surface area (Å²) >= 11 is 0. The summed E-state index contributed by atoms with van der Waals surface area (Å²) in [6, 6.07) is 24.9. The largest absolute Gasteiger partial charge is 0.351 e. The molecule has 1 spiro atoms. The van der Waals surface area contributed by atoms with Gasteiger partial charge in [0.2, 0.25) is 11.8 Å². The summed E-state index contributed by atoms with van der Waals surface area (Å²) in [4.78, 5) is 32.3. The Morgan fingerprint density at radius 1 is 0.975 bits per heavy atom. The highest BCUT2D eigenvalue weighted by atomic mass is 16.2. The minimum atomic E-state index is -0.754. The molecule has 2 amide bonds. The highest BCUT2D eigenvalue weighted by molar-refractivity contribution is 6.14. The molecule has 40 heavy (non-hydrogen) atoms. The van der Waals surface area contributed by atoms with Crippen LogP contribution in [-0.4, -0.2) is 33.9 Å². The van der Waals surface area contributed by atoms with Crippen LogP contribution >= 0.6 is 0 Å². The van der Waals surface area contributed by atoms with Crippen LogP contribution in [0.3, 0.4) is 0 Å². The lowest BCUT2D eigenvalue weighted by molar-refractivity contribution is -0.136. The predicted octanol–water partition coefficient (Wildman–Crippen LogP) is 7.45. The molecule has 6 rings (SSSR count). The van der Waals surface area contributed by atoms with Crippen molar-refractivity contribution in [1.82, 2.24) is 9.47 Å². The van der Waals surface area contributed by atoms with Gasteiger partial charge in [-0.15, -0.1) is 0 Å². The summed E-state index contributed by atoms with van der Waals surface area (Å²) in [6.45, 7) is 11.2. The zero-order valence-electron chi connectivity index (χ0n) is 24.4. The summed E-state index contributed by atoms with van der Waals surface area (Å²) in [5, 5.41) is 1.21. The van der Waals surface area contributed by atoms with Crippen molar-refractivity contribution in [2.75, 3.05) is 11.4 Å². The van der Waals surface area contributed by atoms with Crippen LogP contribution in [0.2, 0.25) is 0 Å². The number of fused-ring (bicyclic) bond motifs is 3. The van der Waals surface area contributed by atoms with Gasteiger partial charge in [0.1, 0.15) is 0 Å². The fraction of sp³-hybridized carbons (Fsp3) is 0.371. The minimum absolute atomic E-state index is 0.0773. The summed E-state index contributed by atoms with van der Waals surface area (Å²) in [7, 11) is 2.06. The van der Waals surface area contributed by atoms with Gasteiger partial charge < -0.3 is 9.47 Å². The molecule has 2 atom stereocenters. The van der Waals surface area contributed by atoms with Gasteiger partial charge in [0.25, 0.3) is 0 Å². The van der Waals surface area contributed by atoms with Crippen LogP contribution in [0.5, 0.6) is 0 Å². The third-order valence-corrected chi connectivity index (χ3v) is 8.76. The van der Waals surface area contributed by atoms with Crippen molar-refractivity contribution in [3.05, 3.63) is 84.6 Å². The lowest BCUT2D eigenvalue weighted by atomic mass is 9.71. The average molecular weight is 534 g/mol. The van der Waals surface area contributed by atoms with Gasteiger partial charge in [0, 0.05) is 37.4 Å². The van der Waals surface area contributed by atoms with E-state index in [1.165, 1.54) is 10.9 Å². The third-order valence-electron chi connectivity index (χ3n) is 8.76. The van der Waals surface area contributed by atoms with E-state index in [2.05, 4.69) is 101 Å². The Balaban J connectivity index is 1.43. The Hall–Kier alpha value is -3.86. The van der Waals surface area contributed by atoms with E-state index < -0.39 is 5.41 Å². The fourth-order valence-electron chi connectivity index (χ4n) is 7.13. The van der Waals surface area contributed by atoms with Crippen LogP contribution in [-0.2, 0) is 22.1 Å². The zero-order chi connectivity index (χ0) is 28.4. The van der Waals surface area contributed by atoms with E-state index >= 15 is 0 Å². The highest BCUT2D eigenvalue weighted by Crippen LogP contribution is 2.55. The number of likely N-dealkylation sites (tertiary alicyclic amines) is 1. The number of nitrogens with zero attached hydrogens (tertiary/aromatic N) is 3. The van der Waals surface area contributed by atoms with Crippen LogP contribution < -0.4 is 4.90 Å². The van der Waals surface area contributed by atoms with E-state index in [9.17, 15) is 9.59 Å². The monoisotopic (exact) mass is 533 g/mol. The van der Waals surface area contributed by atoms with Gasteiger partial charge in [-0.25, -0.2) is 0 Å². The summed E-state index contributed by atoms with van der Waals surface area (Å²) in [5.41, 5.74) is 5.33. The van der Waals surface area contributed by atoms with Crippen molar-refractivity contribution in [3.63, 3.8) is 0 Å². The molecule has 0 unspecified atom stereocenters. The van der Waals surface area contributed by atoms with Crippen LogP contribution in [0.25, 0.3) is 22.0 Å². The molecule has 4 aromatic rings. The second-order valence-electron chi connectivity index (χ2n) is 13.1. The van der Waals surface area contributed by atoms with Crippen molar-refractivity contribution in [2.45, 2.75) is 58.9 Å². The molecule has 5 heteroatoms. The van der Waals surface area contributed by atoms with E-state index in [-0.39, 0.29) is 29.2 Å². The molecule has 3 aromatic carbocycles. The summed E-state index contributed by atoms with van der Waals surface area (Å²) in [5.74, 6) is 0.352. The maximum atomic E-state index is 14.8. The van der Waals surface area contributed by atoms with Crippen LogP contribution in [0.4, 0.5) is 11.4 Å². The smallest absolute Gasteiger partial charge is 0.244 e. The number of para-hydroxylation sites is 1. The molecule has 206 valence electrons. The topological polar surface area (TPSA) is 45.6 Å². The number of hydrogen-bond acceptors (Lipinski definition) is 2. The van der Waals surface area contributed by atoms with Gasteiger partial charge in [-0.2, -0.15) is 0 Å². The van der Waals surface area contributed by atoms with Gasteiger partial charge in [-0.3, -0.25) is 14.5 Å². The number of benzene rings is 3. The van der Waals surface area contributed by atoms with E-state index in [1.54, 1.807) is 0 Å². The molecular weight excluding hydrogens is 494 g/mol. The normalized spacial score (nSPS) is 20.8. The molecule has 2 aliphatic heterocycles. The highest BCUT2D eigenvalue weighted by Gasteiger charge is 2.62. The summed E-state index contributed by atoms with van der Waals surface area (Å²) in [6.07, 6.45) is 3.19. The van der Waals surface area contributed by atoms with Crippen LogP contribution in [0.1, 0.15) is 53.0 Å². The molecule has 2 aliphatic rings. The van der Waals surface area contributed by atoms with Gasteiger partial charge >= 0.3 is 0 Å². The number of amides is 2. The maximum absolute atomic E-state index is 14.8. The maximum Gasteiger partial charge on any atom is 0.244 e. The molecule has 1 saturated heterocycles. The van der Waals surface area contributed by atoms with Gasteiger partial charge in [0.05, 0.1) is 17.1 Å². The van der Waals surface area contributed by atoms with Crippen molar-refractivity contribution in [2.24, 2.45) is 18.4 Å². The Labute approximate surface area is 237 Å². The van der Waals surface area contributed by atoms with Gasteiger partial charge in [-0.05, 0) is 70.2 Å². The second kappa shape index (κ2) is 9.36. The number of carbonyl (C=O) groups is 2. The zero-order valence-corrected chi connectivity index (χ0v) is 24.4. The number of anilines is 2. The Kier molecular flexibility index (Phi) is 6.17. The molecule has 3 heterocycles. The lowest BCUT2D eigenvalue weighted by Gasteiger charge is -2.38. The Morgan fingerprint density at radius 2 is 1.73 bits per heavy atom. The Morgan fingerprint density at radius 3 is 2.48 bits per heavy atom. The SMILES string of the molecule is CC(C)[C@@H]1N(C(=O)CC(C)(C)C)CC[C@@]12C(=O)N(c1cccc(-c3ccc4ccn(C)c4c3)c1)c1ccccc12. The van der Waals surface area contributed by atoms with Crippen LogP contribution in [0.15, 0.2) is 79.0 Å². The molecule has 1 aromatic heterocycles. The number of rotatable bonds is 4. The first-order valence-corrected chi connectivity index (χ1v) is 14.4. The average Bonchev–Trinajstić information content (AvgIpc) is 3.57. The van der Waals surface area contributed by atoms with Gasteiger partial charge in [-0.1, -0.05) is 77.1 Å². The second-order valence-corrected chi connectivity index (χ2v) is 13.1. The molecule has 0 bridgehead atoms. The van der Waals surface area contributed by atoms with E-state index in [4.69, 9.17) is 0 Å². The van der Waals surface area contributed by atoms with E-state index in [0.717, 1.165) is 28.1 Å². The fourth-order valence-corrected chi connectivity index (χ4v) is 7.13. The lowest BCUT2D eigenvalue weighted by Crippen LogP contribution is -2.53. The standard InChI is InChI=1S/C35H39N3O2/c1-23(2)32-35(17-19-37(32)31(39)22-34(3,4)5)28-12-7-8-13-29(28)38(33(35)40)27-11-9-10-25(20-27)26-15-14-24-16-18-36(6)30(24)21-26/h7-16,18,20-21,23,32H,17,19,22H2,1-6H3/t32-,35-/m0/s1.